The molecule has 26 heavy (non-hydrogen) atoms. The molecular formula is C19H25NO6. The number of anilines is 1. The molecule has 0 bridgehead atoms. The Balaban J connectivity index is 1.59. The molecule has 0 saturated carbocycles. The van der Waals surface area contributed by atoms with Gasteiger partial charge in [0.2, 0.25) is 0 Å². The number of amides is 1. The summed E-state index contributed by atoms with van der Waals surface area (Å²) in [6.07, 6.45) is -3.01. The van der Waals surface area contributed by atoms with Crippen LogP contribution in [0.4, 0.5) is 5.69 Å². The summed E-state index contributed by atoms with van der Waals surface area (Å²) in [7, 11) is 0. The zero-order valence-corrected chi connectivity index (χ0v) is 15.6. The third-order valence-corrected chi connectivity index (χ3v) is 4.82. The van der Waals surface area contributed by atoms with E-state index in [0.717, 1.165) is 11.3 Å². The van der Waals surface area contributed by atoms with E-state index in [-0.39, 0.29) is 5.91 Å². The van der Waals surface area contributed by atoms with Crippen LogP contribution in [0.5, 0.6) is 0 Å². The highest BCUT2D eigenvalue weighted by atomic mass is 16.9. The zero-order chi connectivity index (χ0) is 18.7. The number of carbonyl (C=O) groups is 1. The van der Waals surface area contributed by atoms with Crippen molar-refractivity contribution in [2.75, 3.05) is 5.32 Å². The fourth-order valence-electron chi connectivity index (χ4n) is 3.74. The number of benzene rings is 1. The maximum absolute atomic E-state index is 13.0. The lowest BCUT2D eigenvalue weighted by Crippen LogP contribution is -2.58. The van der Waals surface area contributed by atoms with Crippen molar-refractivity contribution in [1.82, 2.24) is 0 Å². The van der Waals surface area contributed by atoms with Gasteiger partial charge in [-0.3, -0.25) is 4.79 Å². The molecule has 142 valence electrons. The van der Waals surface area contributed by atoms with E-state index in [1.807, 2.05) is 58.9 Å². The van der Waals surface area contributed by atoms with Crippen LogP contribution in [0.1, 0.15) is 33.3 Å². The monoisotopic (exact) mass is 363 g/mol. The first-order chi connectivity index (χ1) is 12.2. The summed E-state index contributed by atoms with van der Waals surface area (Å²) in [5.74, 6) is -1.93. The fourth-order valence-corrected chi connectivity index (χ4v) is 3.74. The predicted molar refractivity (Wildman–Crippen MR) is 92.3 cm³/mol. The molecule has 1 amide bonds. The average Bonchev–Trinajstić information content (AvgIpc) is 3.02. The van der Waals surface area contributed by atoms with Gasteiger partial charge in [-0.05, 0) is 46.2 Å². The Labute approximate surface area is 152 Å². The molecule has 0 aromatic heterocycles. The highest BCUT2D eigenvalue weighted by Crippen LogP contribution is 2.44. The SMILES string of the molecule is Cc1ccccc1NC(=O)[C@H]1O[C@H]2OC(C)(C)O[C@@H]2[C@H]2OC(C)(C)O[C@H]21. The number of hydrogen-bond donors (Lipinski definition) is 1. The van der Waals surface area contributed by atoms with Crippen molar-refractivity contribution in [3.63, 3.8) is 0 Å². The zero-order valence-electron chi connectivity index (χ0n) is 15.6. The summed E-state index contributed by atoms with van der Waals surface area (Å²) in [4.78, 5) is 13.0. The second-order valence-corrected chi connectivity index (χ2v) is 7.89. The largest absolute Gasteiger partial charge is 0.342 e. The molecule has 0 aliphatic carbocycles. The lowest BCUT2D eigenvalue weighted by atomic mass is 9.98. The van der Waals surface area contributed by atoms with Gasteiger partial charge in [0.15, 0.2) is 24.0 Å². The van der Waals surface area contributed by atoms with Crippen LogP contribution in [0.3, 0.4) is 0 Å². The molecule has 4 rings (SSSR count). The lowest BCUT2D eigenvalue weighted by molar-refractivity contribution is -0.229. The Bertz CT molecular complexity index is 718. The molecule has 0 radical (unpaired) electrons. The number of aryl methyl sites for hydroxylation is 1. The number of fused-ring (bicyclic) bond motifs is 3. The topological polar surface area (TPSA) is 75.3 Å². The summed E-state index contributed by atoms with van der Waals surface area (Å²) >= 11 is 0. The molecule has 3 aliphatic heterocycles. The van der Waals surface area contributed by atoms with Crippen LogP contribution < -0.4 is 5.32 Å². The van der Waals surface area contributed by atoms with E-state index in [2.05, 4.69) is 5.32 Å². The molecule has 1 N–H and O–H groups in total. The maximum Gasteiger partial charge on any atom is 0.256 e. The summed E-state index contributed by atoms with van der Waals surface area (Å²) in [5, 5.41) is 2.92. The van der Waals surface area contributed by atoms with Crippen LogP contribution in [-0.2, 0) is 28.5 Å². The second-order valence-electron chi connectivity index (χ2n) is 7.89. The molecule has 1 aromatic rings. The van der Waals surface area contributed by atoms with Crippen molar-refractivity contribution >= 4 is 11.6 Å². The third-order valence-electron chi connectivity index (χ3n) is 4.82. The second kappa shape index (κ2) is 6.00. The average molecular weight is 363 g/mol. The van der Waals surface area contributed by atoms with E-state index in [9.17, 15) is 4.79 Å². The first kappa shape index (κ1) is 17.9. The minimum Gasteiger partial charge on any atom is -0.342 e. The Kier molecular flexibility index (Phi) is 4.13. The first-order valence-electron chi connectivity index (χ1n) is 8.88. The molecule has 3 fully saturated rings. The standard InChI is InChI=1S/C19H25NO6/c1-10-8-6-7-9-11(10)20-16(21)14-12-13(24-18(2,3)23-12)15-17(22-14)26-19(4,5)25-15/h6-9,12-15,17H,1-5H3,(H,20,21)/t12-,13+,14+,15-,17+/m1/s1. The smallest absolute Gasteiger partial charge is 0.256 e. The van der Waals surface area contributed by atoms with Gasteiger partial charge < -0.3 is 29.0 Å². The number of nitrogens with one attached hydrogen (secondary N) is 1. The van der Waals surface area contributed by atoms with Gasteiger partial charge in [0.1, 0.15) is 18.3 Å². The number of hydrogen-bond acceptors (Lipinski definition) is 6. The quantitative estimate of drug-likeness (QED) is 0.869. The molecule has 3 saturated heterocycles. The van der Waals surface area contributed by atoms with E-state index in [4.69, 9.17) is 23.7 Å². The van der Waals surface area contributed by atoms with Crippen LogP contribution in [0.25, 0.3) is 0 Å². The fraction of sp³-hybridized carbons (Fsp3) is 0.632. The molecule has 1 aromatic carbocycles. The summed E-state index contributed by atoms with van der Waals surface area (Å²) in [5.41, 5.74) is 1.71. The van der Waals surface area contributed by atoms with Gasteiger partial charge >= 0.3 is 0 Å². The molecule has 3 heterocycles. The Hall–Kier alpha value is -1.51. The first-order valence-corrected chi connectivity index (χ1v) is 8.88. The predicted octanol–water partition coefficient (Wildman–Crippen LogP) is 2.33. The van der Waals surface area contributed by atoms with E-state index in [1.54, 1.807) is 0 Å². The molecule has 0 unspecified atom stereocenters. The Morgan fingerprint density at radius 2 is 1.54 bits per heavy atom. The molecule has 7 heteroatoms. The van der Waals surface area contributed by atoms with Gasteiger partial charge in [-0.2, -0.15) is 0 Å². The van der Waals surface area contributed by atoms with E-state index < -0.39 is 42.3 Å². The van der Waals surface area contributed by atoms with Crippen LogP contribution in [0, 0.1) is 6.92 Å². The minimum atomic E-state index is -0.861. The lowest BCUT2D eigenvalue weighted by Gasteiger charge is -2.36. The van der Waals surface area contributed by atoms with Crippen LogP contribution in [0.2, 0.25) is 0 Å². The number of carbonyl (C=O) groups excluding carboxylic acids is 1. The minimum absolute atomic E-state index is 0.289. The highest BCUT2D eigenvalue weighted by Gasteiger charge is 2.62. The maximum atomic E-state index is 13.0. The summed E-state index contributed by atoms with van der Waals surface area (Å²) < 4.78 is 29.7. The van der Waals surface area contributed by atoms with Crippen molar-refractivity contribution < 1.29 is 28.5 Å². The van der Waals surface area contributed by atoms with Gasteiger partial charge in [0.25, 0.3) is 5.91 Å². The van der Waals surface area contributed by atoms with Crippen molar-refractivity contribution in [2.24, 2.45) is 0 Å². The van der Waals surface area contributed by atoms with Crippen molar-refractivity contribution in [1.29, 1.82) is 0 Å². The van der Waals surface area contributed by atoms with Gasteiger partial charge in [0, 0.05) is 5.69 Å². The van der Waals surface area contributed by atoms with Crippen molar-refractivity contribution in [2.45, 2.75) is 76.9 Å². The molecule has 0 spiro atoms. The van der Waals surface area contributed by atoms with Crippen LogP contribution in [-0.4, -0.2) is 48.2 Å². The van der Waals surface area contributed by atoms with E-state index in [0.29, 0.717) is 0 Å². The van der Waals surface area contributed by atoms with E-state index in [1.165, 1.54) is 0 Å². The Morgan fingerprint density at radius 3 is 2.27 bits per heavy atom. The normalized spacial score (nSPS) is 37.0. The third kappa shape index (κ3) is 3.14. The molecule has 7 nitrogen and oxygen atoms in total. The van der Waals surface area contributed by atoms with E-state index >= 15 is 0 Å². The van der Waals surface area contributed by atoms with Gasteiger partial charge in [-0.25, -0.2) is 0 Å². The Morgan fingerprint density at radius 1 is 0.923 bits per heavy atom. The van der Waals surface area contributed by atoms with Gasteiger partial charge in [-0.1, -0.05) is 18.2 Å². The molecular weight excluding hydrogens is 338 g/mol. The molecule has 5 atom stereocenters. The van der Waals surface area contributed by atoms with Crippen molar-refractivity contribution in [3.05, 3.63) is 29.8 Å². The summed E-state index contributed by atoms with van der Waals surface area (Å²) in [6, 6.07) is 7.58. The number of para-hydroxylation sites is 1. The van der Waals surface area contributed by atoms with Crippen LogP contribution in [0.15, 0.2) is 24.3 Å². The number of ether oxygens (including phenoxy) is 5. The van der Waals surface area contributed by atoms with Gasteiger partial charge in [0.05, 0.1) is 0 Å². The van der Waals surface area contributed by atoms with Crippen LogP contribution >= 0.6 is 0 Å². The highest BCUT2D eigenvalue weighted by molar-refractivity contribution is 5.95. The number of rotatable bonds is 2. The summed E-state index contributed by atoms with van der Waals surface area (Å²) in [6.45, 7) is 9.19. The van der Waals surface area contributed by atoms with Crippen molar-refractivity contribution in [3.8, 4) is 0 Å². The molecule has 3 aliphatic rings. The van der Waals surface area contributed by atoms with Gasteiger partial charge in [-0.15, -0.1) is 0 Å².